The Morgan fingerprint density at radius 1 is 1.42 bits per heavy atom. The third-order valence-corrected chi connectivity index (χ3v) is 4.04. The van der Waals surface area contributed by atoms with Crippen LogP contribution in [0.2, 0.25) is 0 Å². The van der Waals surface area contributed by atoms with E-state index in [9.17, 15) is 4.39 Å². The number of aliphatic imine (C=N–C) groups is 1. The van der Waals surface area contributed by atoms with Crippen LogP contribution in [0.4, 0.5) is 10.2 Å². The highest BCUT2D eigenvalue weighted by Gasteiger charge is 2.18. The van der Waals surface area contributed by atoms with Gasteiger partial charge in [0.2, 0.25) is 0 Å². The smallest absolute Gasteiger partial charge is 0.178 e. The molecule has 132 valence electrons. The molecular formula is C19H19FN6. The van der Waals surface area contributed by atoms with Gasteiger partial charge in [-0.05, 0) is 32.2 Å². The number of nitrogens with zero attached hydrogens (tertiary/aromatic N) is 4. The molecule has 7 heteroatoms. The molecule has 0 atom stereocenters. The first-order valence-electron chi connectivity index (χ1n) is 8.18. The topological polar surface area (TPSA) is 82.6 Å². The van der Waals surface area contributed by atoms with E-state index in [0.717, 1.165) is 11.3 Å². The predicted octanol–water partition coefficient (Wildman–Crippen LogP) is 4.69. The lowest BCUT2D eigenvalue weighted by molar-refractivity contribution is 0.672. The second-order valence-corrected chi connectivity index (χ2v) is 5.52. The van der Waals surface area contributed by atoms with E-state index < -0.39 is 5.83 Å². The van der Waals surface area contributed by atoms with E-state index in [1.165, 1.54) is 6.08 Å². The summed E-state index contributed by atoms with van der Waals surface area (Å²) in [5.41, 5.74) is 3.82. The number of halogens is 1. The average molecular weight is 350 g/mol. The summed E-state index contributed by atoms with van der Waals surface area (Å²) >= 11 is 0. The molecule has 6 nitrogen and oxygen atoms in total. The van der Waals surface area contributed by atoms with Crippen molar-refractivity contribution in [2.45, 2.75) is 20.3 Å². The molecule has 0 aliphatic rings. The summed E-state index contributed by atoms with van der Waals surface area (Å²) < 4.78 is 14.3. The van der Waals surface area contributed by atoms with Crippen LogP contribution in [0.1, 0.15) is 25.0 Å². The van der Waals surface area contributed by atoms with Gasteiger partial charge in [-0.3, -0.25) is 5.10 Å². The van der Waals surface area contributed by atoms with E-state index >= 15 is 0 Å². The average Bonchev–Trinajstić information content (AvgIpc) is 3.28. The standard InChI is InChI=1S/C19H19FN6/c1-5-8-12(14(20)7-3)13-9-10-22-18-15(13)23-19(24-18)16-11(6-2)17(21-4)26-25-16/h5,7-10H,3-4,6H2,1-2H3,(H,25,26)(H,22,23,24). The molecule has 3 heterocycles. The summed E-state index contributed by atoms with van der Waals surface area (Å²) in [5.74, 6) is 0.696. The first-order chi connectivity index (χ1) is 12.6. The molecule has 0 saturated carbocycles. The third kappa shape index (κ3) is 2.88. The highest BCUT2D eigenvalue weighted by atomic mass is 19.1. The molecule has 0 fully saturated rings. The summed E-state index contributed by atoms with van der Waals surface area (Å²) in [6, 6.07) is 1.74. The summed E-state index contributed by atoms with van der Waals surface area (Å²) in [6.07, 6.45) is 6.97. The Balaban J connectivity index is 2.24. The summed E-state index contributed by atoms with van der Waals surface area (Å²) in [7, 11) is 0. The monoisotopic (exact) mass is 350 g/mol. The molecule has 0 bridgehead atoms. The van der Waals surface area contributed by atoms with Gasteiger partial charge in [-0.15, -0.1) is 0 Å². The lowest BCUT2D eigenvalue weighted by Gasteiger charge is -2.04. The number of H-pyrrole nitrogens is 2. The second-order valence-electron chi connectivity index (χ2n) is 5.52. The SMILES string of the molecule is C=CC(F)=C(C=CC)c1ccnc2nc(-c3[nH]nc(N=C)c3CC)[nH]c12. The van der Waals surface area contributed by atoms with E-state index in [4.69, 9.17) is 0 Å². The first-order valence-corrected chi connectivity index (χ1v) is 8.18. The van der Waals surface area contributed by atoms with Gasteiger partial charge in [0.1, 0.15) is 11.5 Å². The number of pyridine rings is 1. The fraction of sp³-hybridized carbons (Fsp3) is 0.158. The van der Waals surface area contributed by atoms with Crippen LogP contribution in [-0.4, -0.2) is 31.9 Å². The number of hydrogen-bond donors (Lipinski definition) is 2. The fourth-order valence-electron chi connectivity index (χ4n) is 2.85. The minimum absolute atomic E-state index is 0.416. The Bertz CT molecular complexity index is 1040. The van der Waals surface area contributed by atoms with Crippen molar-refractivity contribution in [2.24, 2.45) is 4.99 Å². The van der Waals surface area contributed by atoms with Gasteiger partial charge in [-0.2, -0.15) is 5.10 Å². The quantitative estimate of drug-likeness (QED) is 0.500. The molecule has 2 N–H and O–H groups in total. The van der Waals surface area contributed by atoms with E-state index in [-0.39, 0.29) is 0 Å². The molecule has 0 saturated heterocycles. The van der Waals surface area contributed by atoms with Gasteiger partial charge in [0.15, 0.2) is 17.3 Å². The number of nitrogens with one attached hydrogen (secondary N) is 2. The van der Waals surface area contributed by atoms with Crippen LogP contribution in [0.25, 0.3) is 28.3 Å². The normalized spacial score (nSPS) is 12.6. The molecule has 3 rings (SSSR count). The van der Waals surface area contributed by atoms with Gasteiger partial charge >= 0.3 is 0 Å². The number of imidazole rings is 1. The van der Waals surface area contributed by atoms with Crippen LogP contribution in [0.5, 0.6) is 0 Å². The molecule has 0 aromatic carbocycles. The van der Waals surface area contributed by atoms with Crippen molar-refractivity contribution in [1.29, 1.82) is 0 Å². The van der Waals surface area contributed by atoms with Crippen LogP contribution < -0.4 is 0 Å². The van der Waals surface area contributed by atoms with Crippen LogP contribution in [0, 0.1) is 0 Å². The number of allylic oxidation sites excluding steroid dienone is 5. The number of hydrogen-bond acceptors (Lipinski definition) is 4. The van der Waals surface area contributed by atoms with Gasteiger partial charge < -0.3 is 4.98 Å². The first kappa shape index (κ1) is 17.5. The van der Waals surface area contributed by atoms with Gasteiger partial charge in [-0.25, -0.2) is 19.4 Å². The van der Waals surface area contributed by atoms with Crippen molar-refractivity contribution in [1.82, 2.24) is 25.1 Å². The van der Waals surface area contributed by atoms with Crippen molar-refractivity contribution in [3.8, 4) is 11.5 Å². The lowest BCUT2D eigenvalue weighted by atomic mass is 10.0. The van der Waals surface area contributed by atoms with E-state index in [1.54, 1.807) is 24.4 Å². The van der Waals surface area contributed by atoms with Crippen LogP contribution in [0.15, 0.2) is 47.9 Å². The van der Waals surface area contributed by atoms with Crippen LogP contribution in [0.3, 0.4) is 0 Å². The number of aromatic amines is 2. The zero-order valence-corrected chi connectivity index (χ0v) is 14.7. The Kier molecular flexibility index (Phi) is 4.88. The van der Waals surface area contributed by atoms with Gasteiger partial charge in [0.25, 0.3) is 0 Å². The van der Waals surface area contributed by atoms with Crippen molar-refractivity contribution in [2.75, 3.05) is 0 Å². The van der Waals surface area contributed by atoms with Crippen LogP contribution in [-0.2, 0) is 6.42 Å². The molecule has 3 aromatic heterocycles. The van der Waals surface area contributed by atoms with E-state index in [0.29, 0.717) is 40.4 Å². The van der Waals surface area contributed by atoms with Crippen molar-refractivity contribution in [3.05, 3.63) is 54.0 Å². The van der Waals surface area contributed by atoms with Gasteiger partial charge in [-0.1, -0.05) is 25.7 Å². The zero-order valence-electron chi connectivity index (χ0n) is 14.7. The highest BCUT2D eigenvalue weighted by Crippen LogP contribution is 2.31. The van der Waals surface area contributed by atoms with Crippen molar-refractivity contribution in [3.63, 3.8) is 0 Å². The maximum Gasteiger partial charge on any atom is 0.178 e. The lowest BCUT2D eigenvalue weighted by Crippen LogP contribution is -1.89. The maximum atomic E-state index is 14.3. The molecule has 0 amide bonds. The van der Waals surface area contributed by atoms with E-state index in [2.05, 4.69) is 43.4 Å². The largest absolute Gasteiger partial charge is 0.335 e. The van der Waals surface area contributed by atoms with Gasteiger partial charge in [0.05, 0.1) is 5.52 Å². The molecule has 0 spiro atoms. The summed E-state index contributed by atoms with van der Waals surface area (Å²) in [4.78, 5) is 16.0. The minimum Gasteiger partial charge on any atom is -0.335 e. The number of aromatic nitrogens is 5. The fourth-order valence-corrected chi connectivity index (χ4v) is 2.85. The molecule has 3 aromatic rings. The molecule has 0 aliphatic heterocycles. The van der Waals surface area contributed by atoms with Crippen LogP contribution >= 0.6 is 0 Å². The van der Waals surface area contributed by atoms with Crippen molar-refractivity contribution >= 4 is 29.3 Å². The molecule has 26 heavy (non-hydrogen) atoms. The molecule has 0 unspecified atom stereocenters. The highest BCUT2D eigenvalue weighted by molar-refractivity contribution is 5.92. The zero-order chi connectivity index (χ0) is 18.7. The van der Waals surface area contributed by atoms with E-state index in [1.807, 2.05) is 13.8 Å². The Labute approximate surface area is 150 Å². The number of rotatable bonds is 6. The predicted molar refractivity (Wildman–Crippen MR) is 103 cm³/mol. The summed E-state index contributed by atoms with van der Waals surface area (Å²) in [5, 5.41) is 7.09. The van der Waals surface area contributed by atoms with Crippen molar-refractivity contribution < 1.29 is 4.39 Å². The minimum atomic E-state index is -0.416. The Hall–Kier alpha value is -3.35. The maximum absolute atomic E-state index is 14.3. The third-order valence-electron chi connectivity index (χ3n) is 4.04. The molecule has 0 aliphatic carbocycles. The van der Waals surface area contributed by atoms with Gasteiger partial charge in [0, 0.05) is 22.9 Å². The second kappa shape index (κ2) is 7.26. The molecular weight excluding hydrogens is 331 g/mol. The Morgan fingerprint density at radius 3 is 2.88 bits per heavy atom. The Morgan fingerprint density at radius 2 is 2.23 bits per heavy atom. The summed E-state index contributed by atoms with van der Waals surface area (Å²) in [6.45, 7) is 10.9. The molecule has 0 radical (unpaired) electrons. The number of fused-ring (bicyclic) bond motifs is 1.